The van der Waals surface area contributed by atoms with Gasteiger partial charge in [-0.2, -0.15) is 0 Å². The van der Waals surface area contributed by atoms with E-state index in [0.717, 1.165) is 12.8 Å². The average molecular weight is 259 g/mol. The van der Waals surface area contributed by atoms with Crippen molar-refractivity contribution >= 4 is 5.97 Å². The third-order valence-electron chi connectivity index (χ3n) is 2.55. The summed E-state index contributed by atoms with van der Waals surface area (Å²) in [7, 11) is 0. The first-order chi connectivity index (χ1) is 8.63. The molecule has 0 aromatic heterocycles. The molecule has 0 aliphatic heterocycles. The molecule has 1 unspecified atom stereocenters. The molecule has 1 aliphatic carbocycles. The second-order valence-electron chi connectivity index (χ2n) is 4.74. The van der Waals surface area contributed by atoms with E-state index in [1.807, 2.05) is 20.8 Å². The van der Waals surface area contributed by atoms with Crippen LogP contribution in [-0.2, 0) is 19.0 Å². The summed E-state index contributed by atoms with van der Waals surface area (Å²) < 4.78 is 15.8. The van der Waals surface area contributed by atoms with Gasteiger partial charge in [0.2, 0.25) is 0 Å². The molecule has 1 rings (SSSR count). The van der Waals surface area contributed by atoms with E-state index in [-0.39, 0.29) is 18.1 Å². The highest BCUT2D eigenvalue weighted by atomic mass is 16.5. The van der Waals surface area contributed by atoms with Crippen LogP contribution in [0.15, 0.2) is 0 Å². The zero-order valence-electron chi connectivity index (χ0n) is 11.6. The standard InChI is InChI=1S/C13H25NO4/c1-4-17-13(15)12(14-11-5-6-11)9-16-7-8-18-10(2)3/h10-12,14H,4-9H2,1-3H3. The summed E-state index contributed by atoms with van der Waals surface area (Å²) in [6.45, 7) is 7.57. The van der Waals surface area contributed by atoms with E-state index in [2.05, 4.69) is 5.32 Å². The largest absolute Gasteiger partial charge is 0.465 e. The Hall–Kier alpha value is -0.650. The molecule has 1 N–H and O–H groups in total. The predicted octanol–water partition coefficient (Wildman–Crippen LogP) is 1.11. The number of nitrogens with one attached hydrogen (secondary N) is 1. The molecule has 0 aromatic rings. The Morgan fingerprint density at radius 3 is 2.61 bits per heavy atom. The molecule has 0 heterocycles. The van der Waals surface area contributed by atoms with Crippen molar-refractivity contribution in [3.63, 3.8) is 0 Å². The van der Waals surface area contributed by atoms with E-state index in [1.165, 1.54) is 0 Å². The maximum atomic E-state index is 11.7. The number of carbonyl (C=O) groups is 1. The minimum Gasteiger partial charge on any atom is -0.465 e. The van der Waals surface area contributed by atoms with Crippen molar-refractivity contribution in [1.82, 2.24) is 5.32 Å². The molecule has 1 fully saturated rings. The lowest BCUT2D eigenvalue weighted by atomic mass is 10.3. The number of hydrogen-bond donors (Lipinski definition) is 1. The first-order valence-electron chi connectivity index (χ1n) is 6.75. The van der Waals surface area contributed by atoms with Crippen molar-refractivity contribution in [2.75, 3.05) is 26.4 Å². The highest BCUT2D eigenvalue weighted by Gasteiger charge is 2.29. The molecular weight excluding hydrogens is 234 g/mol. The Morgan fingerprint density at radius 1 is 1.33 bits per heavy atom. The van der Waals surface area contributed by atoms with Crippen molar-refractivity contribution in [1.29, 1.82) is 0 Å². The van der Waals surface area contributed by atoms with Gasteiger partial charge in [-0.05, 0) is 33.6 Å². The predicted molar refractivity (Wildman–Crippen MR) is 68.5 cm³/mol. The summed E-state index contributed by atoms with van der Waals surface area (Å²) >= 11 is 0. The van der Waals surface area contributed by atoms with E-state index in [9.17, 15) is 4.79 Å². The minimum atomic E-state index is -0.350. The van der Waals surface area contributed by atoms with Crippen LogP contribution in [0, 0.1) is 0 Å². The number of hydrogen-bond acceptors (Lipinski definition) is 5. The van der Waals surface area contributed by atoms with Crippen molar-refractivity contribution in [3.05, 3.63) is 0 Å². The molecule has 1 aliphatic rings. The van der Waals surface area contributed by atoms with Crippen molar-refractivity contribution < 1.29 is 19.0 Å². The molecule has 1 saturated carbocycles. The summed E-state index contributed by atoms with van der Waals surface area (Å²) in [5, 5.41) is 3.23. The van der Waals surface area contributed by atoms with Crippen LogP contribution in [-0.4, -0.2) is 50.6 Å². The van der Waals surface area contributed by atoms with Crippen LogP contribution >= 0.6 is 0 Å². The maximum Gasteiger partial charge on any atom is 0.325 e. The number of rotatable bonds is 10. The van der Waals surface area contributed by atoms with Crippen LogP contribution in [0.1, 0.15) is 33.6 Å². The van der Waals surface area contributed by atoms with Gasteiger partial charge in [-0.25, -0.2) is 0 Å². The molecule has 5 heteroatoms. The van der Waals surface area contributed by atoms with Gasteiger partial charge < -0.3 is 14.2 Å². The van der Waals surface area contributed by atoms with Crippen molar-refractivity contribution in [2.24, 2.45) is 0 Å². The maximum absolute atomic E-state index is 11.7. The number of esters is 1. The van der Waals surface area contributed by atoms with E-state index >= 15 is 0 Å². The number of carbonyl (C=O) groups excluding carboxylic acids is 1. The van der Waals surface area contributed by atoms with Crippen molar-refractivity contribution in [2.45, 2.75) is 51.8 Å². The minimum absolute atomic E-state index is 0.207. The Morgan fingerprint density at radius 2 is 2.06 bits per heavy atom. The van der Waals surface area contributed by atoms with Crippen LogP contribution in [0.25, 0.3) is 0 Å². The van der Waals surface area contributed by atoms with Gasteiger partial charge in [-0.15, -0.1) is 0 Å². The van der Waals surface area contributed by atoms with Crippen LogP contribution in [0.2, 0.25) is 0 Å². The first kappa shape index (κ1) is 15.4. The summed E-state index contributed by atoms with van der Waals surface area (Å²) in [5.41, 5.74) is 0. The van der Waals surface area contributed by atoms with Gasteiger partial charge in [0.05, 0.1) is 32.5 Å². The van der Waals surface area contributed by atoms with Gasteiger partial charge in [0.15, 0.2) is 0 Å². The molecule has 106 valence electrons. The topological polar surface area (TPSA) is 56.8 Å². The van der Waals surface area contributed by atoms with E-state index in [0.29, 0.717) is 32.5 Å². The fraction of sp³-hybridized carbons (Fsp3) is 0.923. The quantitative estimate of drug-likeness (QED) is 0.470. The molecule has 5 nitrogen and oxygen atoms in total. The second kappa shape index (κ2) is 8.45. The lowest BCUT2D eigenvalue weighted by Crippen LogP contribution is -2.43. The molecule has 0 aromatic carbocycles. The van der Waals surface area contributed by atoms with E-state index < -0.39 is 0 Å². The number of ether oxygens (including phenoxy) is 3. The third-order valence-corrected chi connectivity index (χ3v) is 2.55. The Balaban J connectivity index is 2.16. The summed E-state index contributed by atoms with van der Waals surface area (Å²) in [4.78, 5) is 11.7. The second-order valence-corrected chi connectivity index (χ2v) is 4.74. The zero-order chi connectivity index (χ0) is 13.4. The summed E-state index contributed by atoms with van der Waals surface area (Å²) in [6.07, 6.45) is 2.47. The SMILES string of the molecule is CCOC(=O)C(COCCOC(C)C)NC1CC1. The first-order valence-corrected chi connectivity index (χ1v) is 6.75. The van der Waals surface area contributed by atoms with Gasteiger partial charge in [-0.1, -0.05) is 0 Å². The highest BCUT2D eigenvalue weighted by Crippen LogP contribution is 2.19. The van der Waals surface area contributed by atoms with Crippen LogP contribution in [0.4, 0.5) is 0 Å². The van der Waals surface area contributed by atoms with Gasteiger partial charge in [-0.3, -0.25) is 10.1 Å². The van der Waals surface area contributed by atoms with Crippen molar-refractivity contribution in [3.8, 4) is 0 Å². The fourth-order valence-corrected chi connectivity index (χ4v) is 1.51. The molecule has 0 bridgehead atoms. The monoisotopic (exact) mass is 259 g/mol. The van der Waals surface area contributed by atoms with Gasteiger partial charge >= 0.3 is 5.97 Å². The molecule has 0 spiro atoms. The summed E-state index contributed by atoms with van der Waals surface area (Å²) in [6, 6.07) is 0.103. The summed E-state index contributed by atoms with van der Waals surface area (Å²) in [5.74, 6) is -0.228. The lowest BCUT2D eigenvalue weighted by molar-refractivity contribution is -0.147. The smallest absolute Gasteiger partial charge is 0.325 e. The molecule has 1 atom stereocenters. The fourth-order valence-electron chi connectivity index (χ4n) is 1.51. The van der Waals surface area contributed by atoms with Gasteiger partial charge in [0.25, 0.3) is 0 Å². The van der Waals surface area contributed by atoms with Crippen LogP contribution in [0.3, 0.4) is 0 Å². The molecule has 18 heavy (non-hydrogen) atoms. The van der Waals surface area contributed by atoms with Gasteiger partial charge in [0.1, 0.15) is 6.04 Å². The van der Waals surface area contributed by atoms with E-state index in [4.69, 9.17) is 14.2 Å². The van der Waals surface area contributed by atoms with Crippen LogP contribution < -0.4 is 5.32 Å². The lowest BCUT2D eigenvalue weighted by Gasteiger charge is -2.17. The average Bonchev–Trinajstić information content (AvgIpc) is 3.11. The zero-order valence-corrected chi connectivity index (χ0v) is 11.6. The molecule has 0 radical (unpaired) electrons. The van der Waals surface area contributed by atoms with Crippen LogP contribution in [0.5, 0.6) is 0 Å². The normalized spacial score (nSPS) is 16.9. The molecule has 0 amide bonds. The van der Waals surface area contributed by atoms with Gasteiger partial charge in [0, 0.05) is 6.04 Å². The van der Waals surface area contributed by atoms with E-state index in [1.54, 1.807) is 0 Å². The Bertz CT molecular complexity index is 241. The molecule has 0 saturated heterocycles. The third kappa shape index (κ3) is 6.93. The molecular formula is C13H25NO4. The Kier molecular flexibility index (Phi) is 7.23. The Labute approximate surface area is 109 Å². The highest BCUT2D eigenvalue weighted by molar-refractivity contribution is 5.76.